The third kappa shape index (κ3) is 2.23. The van der Waals surface area contributed by atoms with Crippen molar-refractivity contribution >= 4 is 28.6 Å². The lowest BCUT2D eigenvalue weighted by Gasteiger charge is -2.35. The predicted octanol–water partition coefficient (Wildman–Crippen LogP) is 4.27. The molecular formula is C15H17NOS2. The van der Waals surface area contributed by atoms with Crippen LogP contribution in [0.15, 0.2) is 23.6 Å². The van der Waals surface area contributed by atoms with Gasteiger partial charge in [-0.05, 0) is 48.9 Å². The summed E-state index contributed by atoms with van der Waals surface area (Å²) in [6.45, 7) is 5.06. The Balaban J connectivity index is 1.91. The summed E-state index contributed by atoms with van der Waals surface area (Å²) in [5, 5.41) is 2.15. The van der Waals surface area contributed by atoms with Gasteiger partial charge in [-0.15, -0.1) is 22.7 Å². The van der Waals surface area contributed by atoms with E-state index >= 15 is 0 Å². The van der Waals surface area contributed by atoms with Crippen LogP contribution in [-0.4, -0.2) is 17.4 Å². The molecule has 0 aliphatic carbocycles. The molecule has 19 heavy (non-hydrogen) atoms. The molecule has 0 saturated heterocycles. The zero-order valence-corrected chi connectivity index (χ0v) is 12.8. The van der Waals surface area contributed by atoms with Gasteiger partial charge in [-0.2, -0.15) is 0 Å². The lowest BCUT2D eigenvalue weighted by Crippen LogP contribution is -2.38. The maximum atomic E-state index is 12.7. The molecule has 3 heterocycles. The normalized spacial score (nSPS) is 18.4. The van der Waals surface area contributed by atoms with Crippen LogP contribution in [0.4, 0.5) is 0 Å². The molecule has 2 nitrogen and oxygen atoms in total. The van der Waals surface area contributed by atoms with Gasteiger partial charge in [-0.1, -0.05) is 6.92 Å². The van der Waals surface area contributed by atoms with Gasteiger partial charge in [-0.25, -0.2) is 0 Å². The molecule has 4 heteroatoms. The maximum Gasteiger partial charge on any atom is 0.264 e. The minimum absolute atomic E-state index is 0.196. The second kappa shape index (κ2) is 5.10. The van der Waals surface area contributed by atoms with Crippen molar-refractivity contribution in [2.45, 2.75) is 32.7 Å². The van der Waals surface area contributed by atoms with Crippen molar-refractivity contribution in [2.75, 3.05) is 6.54 Å². The fraction of sp³-hybridized carbons (Fsp3) is 0.400. The van der Waals surface area contributed by atoms with Gasteiger partial charge >= 0.3 is 0 Å². The predicted molar refractivity (Wildman–Crippen MR) is 81.1 cm³/mol. The zero-order chi connectivity index (χ0) is 13.4. The van der Waals surface area contributed by atoms with Crippen molar-refractivity contribution in [3.05, 3.63) is 43.8 Å². The highest BCUT2D eigenvalue weighted by molar-refractivity contribution is 7.14. The Morgan fingerprint density at radius 1 is 1.42 bits per heavy atom. The number of carbonyl (C=O) groups excluding carboxylic acids is 1. The van der Waals surface area contributed by atoms with Crippen LogP contribution in [0, 0.1) is 6.92 Å². The summed E-state index contributed by atoms with van der Waals surface area (Å²) in [5.41, 5.74) is 1.36. The number of thiophene rings is 2. The van der Waals surface area contributed by atoms with Crippen LogP contribution in [0.3, 0.4) is 0 Å². The van der Waals surface area contributed by atoms with E-state index in [1.54, 1.807) is 11.3 Å². The molecule has 1 atom stereocenters. The topological polar surface area (TPSA) is 20.3 Å². The van der Waals surface area contributed by atoms with Gasteiger partial charge in [0.05, 0.1) is 10.9 Å². The van der Waals surface area contributed by atoms with Crippen LogP contribution in [0.2, 0.25) is 0 Å². The molecule has 0 spiro atoms. The fourth-order valence-corrected chi connectivity index (χ4v) is 4.52. The zero-order valence-electron chi connectivity index (χ0n) is 11.2. The van der Waals surface area contributed by atoms with Gasteiger partial charge in [0.2, 0.25) is 0 Å². The third-order valence-electron chi connectivity index (χ3n) is 3.69. The summed E-state index contributed by atoms with van der Waals surface area (Å²) in [6.07, 6.45) is 1.99. The largest absolute Gasteiger partial charge is 0.331 e. The van der Waals surface area contributed by atoms with E-state index in [0.29, 0.717) is 0 Å². The molecular weight excluding hydrogens is 274 g/mol. The Morgan fingerprint density at radius 3 is 2.95 bits per heavy atom. The molecule has 1 aliphatic heterocycles. The van der Waals surface area contributed by atoms with E-state index in [1.165, 1.54) is 15.3 Å². The van der Waals surface area contributed by atoms with E-state index in [4.69, 9.17) is 0 Å². The van der Waals surface area contributed by atoms with Crippen molar-refractivity contribution in [2.24, 2.45) is 0 Å². The summed E-state index contributed by atoms with van der Waals surface area (Å²) < 4.78 is 0. The van der Waals surface area contributed by atoms with E-state index in [0.717, 1.165) is 24.3 Å². The Labute approximate surface area is 121 Å². The second-order valence-corrected chi connectivity index (χ2v) is 7.17. The summed E-state index contributed by atoms with van der Waals surface area (Å²) in [6, 6.07) is 6.43. The summed E-state index contributed by atoms with van der Waals surface area (Å²) in [7, 11) is 0. The van der Waals surface area contributed by atoms with Crippen LogP contribution >= 0.6 is 22.7 Å². The van der Waals surface area contributed by atoms with Gasteiger partial charge < -0.3 is 4.90 Å². The minimum Gasteiger partial charge on any atom is -0.331 e. The number of amides is 1. The Morgan fingerprint density at radius 2 is 2.26 bits per heavy atom. The average molecular weight is 291 g/mol. The van der Waals surface area contributed by atoms with Crippen molar-refractivity contribution < 1.29 is 4.79 Å². The van der Waals surface area contributed by atoms with E-state index in [-0.39, 0.29) is 11.9 Å². The van der Waals surface area contributed by atoms with Gasteiger partial charge in [0.15, 0.2) is 0 Å². The quantitative estimate of drug-likeness (QED) is 0.809. The number of hydrogen-bond donors (Lipinski definition) is 0. The number of aryl methyl sites for hydroxylation is 1. The van der Waals surface area contributed by atoms with E-state index < -0.39 is 0 Å². The van der Waals surface area contributed by atoms with Crippen molar-refractivity contribution in [1.29, 1.82) is 0 Å². The molecule has 0 radical (unpaired) electrons. The molecule has 0 fully saturated rings. The molecule has 2 aromatic heterocycles. The van der Waals surface area contributed by atoms with Crippen LogP contribution in [0.25, 0.3) is 0 Å². The SMILES string of the molecule is CCC1c2ccsc2CCN1C(=O)c1ccc(C)s1. The van der Waals surface area contributed by atoms with Crippen LogP contribution < -0.4 is 0 Å². The highest BCUT2D eigenvalue weighted by Gasteiger charge is 2.31. The van der Waals surface area contributed by atoms with E-state index in [2.05, 4.69) is 23.3 Å². The molecule has 1 aliphatic rings. The number of rotatable bonds is 2. The third-order valence-corrected chi connectivity index (χ3v) is 5.68. The average Bonchev–Trinajstić information content (AvgIpc) is 3.04. The maximum absolute atomic E-state index is 12.7. The number of fused-ring (bicyclic) bond motifs is 1. The standard InChI is InChI=1S/C15H17NOS2/c1-3-12-11-7-9-18-13(11)6-8-16(12)15(17)14-5-4-10(2)19-14/h4-5,7,9,12H,3,6,8H2,1-2H3. The first-order valence-electron chi connectivity index (χ1n) is 6.64. The molecule has 0 aromatic carbocycles. The van der Waals surface area contributed by atoms with E-state index in [1.807, 2.05) is 30.4 Å². The van der Waals surface area contributed by atoms with Gasteiger partial charge in [-0.3, -0.25) is 4.79 Å². The van der Waals surface area contributed by atoms with Crippen molar-refractivity contribution in [3.8, 4) is 0 Å². The van der Waals surface area contributed by atoms with E-state index in [9.17, 15) is 4.79 Å². The van der Waals surface area contributed by atoms with Gasteiger partial charge in [0.1, 0.15) is 0 Å². The number of nitrogens with zero attached hydrogens (tertiary/aromatic N) is 1. The molecule has 1 unspecified atom stereocenters. The first-order chi connectivity index (χ1) is 9.20. The number of carbonyl (C=O) groups is 1. The van der Waals surface area contributed by atoms with Crippen LogP contribution in [-0.2, 0) is 6.42 Å². The minimum atomic E-state index is 0.196. The Bertz CT molecular complexity index is 599. The number of hydrogen-bond acceptors (Lipinski definition) is 3. The monoisotopic (exact) mass is 291 g/mol. The van der Waals surface area contributed by atoms with Gasteiger partial charge in [0, 0.05) is 16.3 Å². The van der Waals surface area contributed by atoms with Crippen LogP contribution in [0.5, 0.6) is 0 Å². The first-order valence-corrected chi connectivity index (χ1v) is 8.34. The second-order valence-electron chi connectivity index (χ2n) is 4.88. The molecule has 3 rings (SSSR count). The first kappa shape index (κ1) is 12.9. The summed E-state index contributed by atoms with van der Waals surface area (Å²) in [4.78, 5) is 18.2. The van der Waals surface area contributed by atoms with Crippen molar-refractivity contribution in [3.63, 3.8) is 0 Å². The Kier molecular flexibility index (Phi) is 3.46. The summed E-state index contributed by atoms with van der Waals surface area (Å²) in [5.74, 6) is 0.196. The highest BCUT2D eigenvalue weighted by Crippen LogP contribution is 2.36. The van der Waals surface area contributed by atoms with Crippen LogP contribution in [0.1, 0.15) is 44.4 Å². The smallest absolute Gasteiger partial charge is 0.264 e. The molecule has 1 amide bonds. The fourth-order valence-electron chi connectivity index (χ4n) is 2.77. The molecule has 0 bridgehead atoms. The van der Waals surface area contributed by atoms with Gasteiger partial charge in [0.25, 0.3) is 5.91 Å². The molecule has 2 aromatic rings. The van der Waals surface area contributed by atoms with Crippen molar-refractivity contribution in [1.82, 2.24) is 4.90 Å². The Hall–Kier alpha value is -1.13. The summed E-state index contributed by atoms with van der Waals surface area (Å²) >= 11 is 3.42. The molecule has 0 saturated carbocycles. The highest BCUT2D eigenvalue weighted by atomic mass is 32.1. The molecule has 100 valence electrons. The lowest BCUT2D eigenvalue weighted by atomic mass is 9.97. The lowest BCUT2D eigenvalue weighted by molar-refractivity contribution is 0.0662. The molecule has 0 N–H and O–H groups in total.